The van der Waals surface area contributed by atoms with Crippen molar-refractivity contribution >= 4 is 11.9 Å². The molecule has 1 heterocycles. The van der Waals surface area contributed by atoms with E-state index in [0.29, 0.717) is 49.2 Å². The molecule has 1 aromatic carbocycles. The molecule has 1 saturated heterocycles. The van der Waals surface area contributed by atoms with E-state index in [0.717, 1.165) is 6.42 Å². The van der Waals surface area contributed by atoms with E-state index in [1.807, 2.05) is 20.8 Å². The number of amides is 1. The van der Waals surface area contributed by atoms with Crippen molar-refractivity contribution < 1.29 is 24.2 Å². The first-order chi connectivity index (χ1) is 11.5. The van der Waals surface area contributed by atoms with Crippen LogP contribution in [0.25, 0.3) is 0 Å². The minimum Gasteiger partial charge on any atom is -0.490 e. The lowest BCUT2D eigenvalue weighted by Gasteiger charge is -2.36. The van der Waals surface area contributed by atoms with Crippen LogP contribution < -0.4 is 9.47 Å². The molecule has 2 rings (SSSR count). The second kappa shape index (κ2) is 8.04. The molecule has 0 spiro atoms. The number of benzene rings is 1. The summed E-state index contributed by atoms with van der Waals surface area (Å²) >= 11 is 0. The predicted molar refractivity (Wildman–Crippen MR) is 89.6 cm³/mol. The van der Waals surface area contributed by atoms with Gasteiger partial charge in [0.05, 0.1) is 13.2 Å². The Morgan fingerprint density at radius 3 is 2.50 bits per heavy atom. The van der Waals surface area contributed by atoms with Gasteiger partial charge in [-0.05, 0) is 50.8 Å². The van der Waals surface area contributed by atoms with E-state index in [4.69, 9.17) is 9.47 Å². The van der Waals surface area contributed by atoms with Gasteiger partial charge in [-0.15, -0.1) is 0 Å². The Balaban J connectivity index is 2.27. The molecular weight excluding hydrogens is 310 g/mol. The fourth-order valence-electron chi connectivity index (χ4n) is 2.97. The van der Waals surface area contributed by atoms with Gasteiger partial charge in [0, 0.05) is 12.1 Å². The standard InChI is InChI=1S/C18H25NO5/c1-4-23-15-7-6-13(11-16(15)24-5-2)17(20)19-9-8-12(3)10-14(19)18(21)22/h6-7,11-12,14H,4-5,8-10H2,1-3H3,(H,21,22). The fraction of sp³-hybridized carbons (Fsp3) is 0.556. The Kier molecular flexibility index (Phi) is 6.06. The van der Waals surface area contributed by atoms with E-state index in [-0.39, 0.29) is 5.91 Å². The number of nitrogens with zero attached hydrogens (tertiary/aromatic N) is 1. The second-order valence-electron chi connectivity index (χ2n) is 6.01. The Morgan fingerprint density at radius 2 is 1.88 bits per heavy atom. The zero-order valence-electron chi connectivity index (χ0n) is 14.4. The van der Waals surface area contributed by atoms with Gasteiger partial charge in [0.1, 0.15) is 6.04 Å². The average Bonchev–Trinajstić information content (AvgIpc) is 2.56. The molecule has 0 bridgehead atoms. The van der Waals surface area contributed by atoms with Crippen LogP contribution in [0.1, 0.15) is 44.0 Å². The third-order valence-electron chi connectivity index (χ3n) is 4.20. The van der Waals surface area contributed by atoms with Crippen molar-refractivity contribution in [1.82, 2.24) is 4.90 Å². The summed E-state index contributed by atoms with van der Waals surface area (Å²) in [7, 11) is 0. The van der Waals surface area contributed by atoms with Crippen LogP contribution in [0.2, 0.25) is 0 Å². The highest BCUT2D eigenvalue weighted by Crippen LogP contribution is 2.30. The van der Waals surface area contributed by atoms with Gasteiger partial charge in [-0.1, -0.05) is 6.92 Å². The van der Waals surface area contributed by atoms with E-state index in [1.165, 1.54) is 4.90 Å². The van der Waals surface area contributed by atoms with E-state index in [2.05, 4.69) is 0 Å². The maximum Gasteiger partial charge on any atom is 0.326 e. The van der Waals surface area contributed by atoms with E-state index in [1.54, 1.807) is 18.2 Å². The lowest BCUT2D eigenvalue weighted by Crippen LogP contribution is -2.49. The molecule has 0 radical (unpaired) electrons. The van der Waals surface area contributed by atoms with Crippen molar-refractivity contribution in [2.75, 3.05) is 19.8 Å². The number of hydrogen-bond acceptors (Lipinski definition) is 4. The summed E-state index contributed by atoms with van der Waals surface area (Å²) in [6.45, 7) is 7.16. The summed E-state index contributed by atoms with van der Waals surface area (Å²) < 4.78 is 11.0. The Labute approximate surface area is 142 Å². The van der Waals surface area contributed by atoms with Crippen LogP contribution in [0.4, 0.5) is 0 Å². The third-order valence-corrected chi connectivity index (χ3v) is 4.20. The van der Waals surface area contributed by atoms with Gasteiger partial charge in [-0.2, -0.15) is 0 Å². The van der Waals surface area contributed by atoms with Crippen LogP contribution in [0.5, 0.6) is 11.5 Å². The highest BCUT2D eigenvalue weighted by Gasteiger charge is 2.35. The summed E-state index contributed by atoms with van der Waals surface area (Å²) in [6, 6.07) is 4.22. The number of aliphatic carboxylic acids is 1. The smallest absolute Gasteiger partial charge is 0.326 e. The monoisotopic (exact) mass is 335 g/mol. The van der Waals surface area contributed by atoms with E-state index < -0.39 is 12.0 Å². The van der Waals surface area contributed by atoms with E-state index >= 15 is 0 Å². The topological polar surface area (TPSA) is 76.1 Å². The molecule has 2 unspecified atom stereocenters. The van der Waals surface area contributed by atoms with Crippen LogP contribution >= 0.6 is 0 Å². The summed E-state index contributed by atoms with van der Waals surface area (Å²) in [4.78, 5) is 25.8. The largest absolute Gasteiger partial charge is 0.490 e. The predicted octanol–water partition coefficient (Wildman–Crippen LogP) is 2.81. The molecule has 6 heteroatoms. The molecule has 1 fully saturated rings. The molecule has 1 amide bonds. The van der Waals surface area contributed by atoms with Crippen LogP contribution in [0.3, 0.4) is 0 Å². The molecule has 24 heavy (non-hydrogen) atoms. The molecule has 0 saturated carbocycles. The number of carboxylic acid groups (broad SMARTS) is 1. The van der Waals surface area contributed by atoms with Gasteiger partial charge in [0.25, 0.3) is 5.91 Å². The van der Waals surface area contributed by atoms with Gasteiger partial charge < -0.3 is 19.5 Å². The van der Waals surface area contributed by atoms with Crippen molar-refractivity contribution in [3.05, 3.63) is 23.8 Å². The fourth-order valence-corrected chi connectivity index (χ4v) is 2.97. The van der Waals surface area contributed by atoms with Crippen molar-refractivity contribution in [3.8, 4) is 11.5 Å². The first-order valence-corrected chi connectivity index (χ1v) is 8.41. The summed E-state index contributed by atoms with van der Waals surface area (Å²) in [5, 5.41) is 9.44. The highest BCUT2D eigenvalue weighted by molar-refractivity contribution is 5.97. The van der Waals surface area contributed by atoms with Gasteiger partial charge in [0.2, 0.25) is 0 Å². The maximum absolute atomic E-state index is 12.8. The first kappa shape index (κ1) is 18.1. The molecule has 0 aliphatic carbocycles. The average molecular weight is 335 g/mol. The number of carboxylic acids is 1. The van der Waals surface area contributed by atoms with Crippen molar-refractivity contribution in [3.63, 3.8) is 0 Å². The Bertz CT molecular complexity index is 601. The molecule has 1 N–H and O–H groups in total. The number of carbonyl (C=O) groups excluding carboxylic acids is 1. The van der Waals surface area contributed by atoms with E-state index in [9.17, 15) is 14.7 Å². The van der Waals surface area contributed by atoms with Gasteiger partial charge in [0.15, 0.2) is 11.5 Å². The lowest BCUT2D eigenvalue weighted by atomic mass is 9.92. The minimum absolute atomic E-state index is 0.279. The summed E-state index contributed by atoms with van der Waals surface area (Å²) in [5.41, 5.74) is 0.419. The zero-order valence-corrected chi connectivity index (χ0v) is 14.4. The molecule has 0 aromatic heterocycles. The van der Waals surface area contributed by atoms with Crippen LogP contribution in [0, 0.1) is 5.92 Å². The third kappa shape index (κ3) is 3.99. The van der Waals surface area contributed by atoms with Crippen LogP contribution in [0.15, 0.2) is 18.2 Å². The molecule has 1 aliphatic rings. The zero-order chi connectivity index (χ0) is 17.7. The normalized spacial score (nSPS) is 20.5. The molecular formula is C18H25NO5. The molecule has 1 aliphatic heterocycles. The number of rotatable bonds is 6. The Morgan fingerprint density at radius 1 is 1.21 bits per heavy atom. The number of hydrogen-bond donors (Lipinski definition) is 1. The van der Waals surface area contributed by atoms with Crippen molar-refractivity contribution in [1.29, 1.82) is 0 Å². The van der Waals surface area contributed by atoms with Gasteiger partial charge in [-0.3, -0.25) is 4.79 Å². The van der Waals surface area contributed by atoms with Gasteiger partial charge in [-0.25, -0.2) is 4.79 Å². The molecule has 132 valence electrons. The van der Waals surface area contributed by atoms with Crippen molar-refractivity contribution in [2.45, 2.75) is 39.7 Å². The Hall–Kier alpha value is -2.24. The van der Waals surface area contributed by atoms with Crippen LogP contribution in [-0.2, 0) is 4.79 Å². The number of piperidine rings is 1. The number of ether oxygens (including phenoxy) is 2. The summed E-state index contributed by atoms with van der Waals surface area (Å²) in [5.74, 6) is 0.152. The quantitative estimate of drug-likeness (QED) is 0.865. The second-order valence-corrected chi connectivity index (χ2v) is 6.01. The van der Waals surface area contributed by atoms with Gasteiger partial charge >= 0.3 is 5.97 Å². The van der Waals surface area contributed by atoms with Crippen molar-refractivity contribution in [2.24, 2.45) is 5.92 Å². The SMILES string of the molecule is CCOc1ccc(C(=O)N2CCC(C)CC2C(=O)O)cc1OCC. The minimum atomic E-state index is -0.953. The maximum atomic E-state index is 12.8. The number of carbonyl (C=O) groups is 2. The number of likely N-dealkylation sites (tertiary alicyclic amines) is 1. The van der Waals surface area contributed by atoms with Crippen LogP contribution in [-0.4, -0.2) is 47.7 Å². The lowest BCUT2D eigenvalue weighted by molar-refractivity contribution is -0.144. The molecule has 1 aromatic rings. The highest BCUT2D eigenvalue weighted by atomic mass is 16.5. The molecule has 6 nitrogen and oxygen atoms in total. The summed E-state index contributed by atoms with van der Waals surface area (Å²) in [6.07, 6.45) is 1.29. The molecule has 2 atom stereocenters. The first-order valence-electron chi connectivity index (χ1n) is 8.41.